The van der Waals surface area contributed by atoms with Crippen LogP contribution in [0.25, 0.3) is 0 Å². The smallest absolute Gasteiger partial charge is 0.191 e. The van der Waals surface area contributed by atoms with Crippen molar-refractivity contribution in [2.45, 2.75) is 19.9 Å². The number of ether oxygens (including phenoxy) is 2. The first-order valence-corrected chi connectivity index (χ1v) is 8.52. The van der Waals surface area contributed by atoms with Gasteiger partial charge in [0.05, 0.1) is 13.7 Å². The molecule has 0 radical (unpaired) electrons. The van der Waals surface area contributed by atoms with Crippen LogP contribution in [0.5, 0.6) is 5.75 Å². The Morgan fingerprint density at radius 2 is 1.96 bits per heavy atom. The van der Waals surface area contributed by atoms with E-state index in [9.17, 15) is 0 Å². The minimum Gasteiger partial charge on any atom is -0.496 e. The number of guanidine groups is 1. The van der Waals surface area contributed by atoms with Crippen LogP contribution in [0.2, 0.25) is 0 Å². The molecule has 2 N–H and O–H groups in total. The van der Waals surface area contributed by atoms with Crippen LogP contribution in [0.1, 0.15) is 18.9 Å². The molecule has 0 aromatic heterocycles. The van der Waals surface area contributed by atoms with Crippen molar-refractivity contribution in [1.29, 1.82) is 0 Å². The highest BCUT2D eigenvalue weighted by atomic mass is 16.5. The molecule has 136 valence electrons. The Morgan fingerprint density at radius 1 is 1.17 bits per heavy atom. The van der Waals surface area contributed by atoms with Crippen LogP contribution in [0.3, 0.4) is 0 Å². The van der Waals surface area contributed by atoms with E-state index in [0.717, 1.165) is 56.5 Å². The Morgan fingerprint density at radius 3 is 2.67 bits per heavy atom. The van der Waals surface area contributed by atoms with Gasteiger partial charge < -0.3 is 25.0 Å². The Balaban J connectivity index is 2.45. The highest BCUT2D eigenvalue weighted by Gasteiger charge is 2.03. The van der Waals surface area contributed by atoms with E-state index < -0.39 is 0 Å². The third-order valence-corrected chi connectivity index (χ3v) is 3.62. The van der Waals surface area contributed by atoms with Crippen molar-refractivity contribution in [2.75, 3.05) is 54.1 Å². The summed E-state index contributed by atoms with van der Waals surface area (Å²) in [5.41, 5.74) is 1.08. The van der Waals surface area contributed by atoms with Crippen molar-refractivity contribution in [2.24, 2.45) is 4.99 Å². The second kappa shape index (κ2) is 12.6. The third-order valence-electron chi connectivity index (χ3n) is 3.62. The Labute approximate surface area is 146 Å². The summed E-state index contributed by atoms with van der Waals surface area (Å²) in [6.07, 6.45) is 1.05. The molecule has 24 heavy (non-hydrogen) atoms. The van der Waals surface area contributed by atoms with Crippen LogP contribution < -0.4 is 15.4 Å². The van der Waals surface area contributed by atoms with Gasteiger partial charge in [0.1, 0.15) is 5.75 Å². The normalized spacial score (nSPS) is 11.6. The van der Waals surface area contributed by atoms with E-state index in [4.69, 9.17) is 9.47 Å². The molecule has 0 saturated carbocycles. The summed E-state index contributed by atoms with van der Waals surface area (Å²) in [7, 11) is 5.55. The largest absolute Gasteiger partial charge is 0.496 e. The first kappa shape index (κ1) is 20.3. The van der Waals surface area contributed by atoms with Gasteiger partial charge in [0.2, 0.25) is 0 Å². The predicted molar refractivity (Wildman–Crippen MR) is 99.8 cm³/mol. The van der Waals surface area contributed by atoms with Crippen LogP contribution in [-0.4, -0.2) is 64.9 Å². The average Bonchev–Trinajstić information content (AvgIpc) is 2.60. The van der Waals surface area contributed by atoms with Gasteiger partial charge in [-0.1, -0.05) is 18.2 Å². The average molecular weight is 336 g/mol. The molecular formula is C18H32N4O2. The molecule has 0 spiro atoms. The molecule has 0 heterocycles. The van der Waals surface area contributed by atoms with Crippen molar-refractivity contribution in [3.05, 3.63) is 29.8 Å². The van der Waals surface area contributed by atoms with E-state index >= 15 is 0 Å². The minimum absolute atomic E-state index is 0.586. The summed E-state index contributed by atoms with van der Waals surface area (Å²) in [4.78, 5) is 6.93. The summed E-state index contributed by atoms with van der Waals surface area (Å²) in [5.74, 6) is 1.70. The molecular weight excluding hydrogens is 304 g/mol. The fraction of sp³-hybridized carbons (Fsp3) is 0.611. The second-order valence-corrected chi connectivity index (χ2v) is 5.58. The highest BCUT2D eigenvalue weighted by Crippen LogP contribution is 2.17. The van der Waals surface area contributed by atoms with Crippen LogP contribution in [0.15, 0.2) is 29.3 Å². The second-order valence-electron chi connectivity index (χ2n) is 5.58. The van der Waals surface area contributed by atoms with Gasteiger partial charge in [0.15, 0.2) is 5.96 Å². The molecule has 0 saturated heterocycles. The van der Waals surface area contributed by atoms with Gasteiger partial charge in [-0.3, -0.25) is 0 Å². The molecule has 6 nitrogen and oxygen atoms in total. The lowest BCUT2D eigenvalue weighted by Gasteiger charge is -2.18. The summed E-state index contributed by atoms with van der Waals surface area (Å²) in [6.45, 7) is 7.14. The van der Waals surface area contributed by atoms with Gasteiger partial charge in [-0.2, -0.15) is 0 Å². The minimum atomic E-state index is 0.586. The SMILES string of the molecule is CCNC(=NCc1ccccc1OC)NCCN(C)CCCOC. The monoisotopic (exact) mass is 336 g/mol. The van der Waals surface area contributed by atoms with Gasteiger partial charge in [0, 0.05) is 45.5 Å². The number of benzene rings is 1. The zero-order chi connectivity index (χ0) is 17.6. The number of hydrogen-bond acceptors (Lipinski definition) is 4. The predicted octanol–water partition coefficient (Wildman–Crippen LogP) is 1.72. The summed E-state index contributed by atoms with van der Waals surface area (Å²) in [6, 6.07) is 7.97. The topological polar surface area (TPSA) is 58.1 Å². The Hall–Kier alpha value is -1.79. The molecule has 0 fully saturated rings. The van der Waals surface area contributed by atoms with E-state index in [2.05, 4.69) is 34.5 Å². The number of methoxy groups -OCH3 is 2. The first-order chi connectivity index (χ1) is 11.7. The standard InChI is InChI=1S/C18H32N4O2/c1-5-19-18(20-11-13-22(2)12-8-14-23-3)21-15-16-9-6-7-10-17(16)24-4/h6-7,9-10H,5,8,11-15H2,1-4H3,(H2,19,20,21). The fourth-order valence-corrected chi connectivity index (χ4v) is 2.30. The molecule has 0 aliphatic rings. The summed E-state index contributed by atoms with van der Waals surface area (Å²) >= 11 is 0. The lowest BCUT2D eigenvalue weighted by molar-refractivity contribution is 0.180. The molecule has 0 amide bonds. The number of rotatable bonds is 11. The molecule has 0 bridgehead atoms. The van der Waals surface area contributed by atoms with Crippen LogP contribution >= 0.6 is 0 Å². The summed E-state index contributed by atoms with van der Waals surface area (Å²) in [5, 5.41) is 6.65. The van der Waals surface area contributed by atoms with E-state index in [1.165, 1.54) is 0 Å². The van der Waals surface area contributed by atoms with E-state index in [0.29, 0.717) is 6.54 Å². The Bertz CT molecular complexity index is 480. The van der Waals surface area contributed by atoms with Gasteiger partial charge in [0.25, 0.3) is 0 Å². The third kappa shape index (κ3) is 8.17. The number of nitrogens with zero attached hydrogens (tertiary/aromatic N) is 2. The zero-order valence-corrected chi connectivity index (χ0v) is 15.5. The molecule has 0 aliphatic heterocycles. The maximum Gasteiger partial charge on any atom is 0.191 e. The lowest BCUT2D eigenvalue weighted by Crippen LogP contribution is -2.41. The molecule has 1 aromatic carbocycles. The van der Waals surface area contributed by atoms with E-state index in [1.54, 1.807) is 14.2 Å². The lowest BCUT2D eigenvalue weighted by atomic mass is 10.2. The summed E-state index contributed by atoms with van der Waals surface area (Å²) < 4.78 is 10.4. The van der Waals surface area contributed by atoms with Crippen LogP contribution in [-0.2, 0) is 11.3 Å². The quantitative estimate of drug-likeness (QED) is 0.366. The van der Waals surface area contributed by atoms with Crippen molar-refractivity contribution >= 4 is 5.96 Å². The van der Waals surface area contributed by atoms with E-state index in [1.807, 2.05) is 24.3 Å². The van der Waals surface area contributed by atoms with Crippen molar-refractivity contribution in [1.82, 2.24) is 15.5 Å². The van der Waals surface area contributed by atoms with Gasteiger partial charge in [-0.25, -0.2) is 4.99 Å². The molecule has 0 atom stereocenters. The van der Waals surface area contributed by atoms with Crippen molar-refractivity contribution < 1.29 is 9.47 Å². The number of likely N-dealkylation sites (N-methyl/N-ethyl adjacent to an activating group) is 1. The maximum atomic E-state index is 5.37. The van der Waals surface area contributed by atoms with Crippen LogP contribution in [0.4, 0.5) is 0 Å². The molecule has 1 rings (SSSR count). The van der Waals surface area contributed by atoms with Gasteiger partial charge in [-0.05, 0) is 26.5 Å². The fourth-order valence-electron chi connectivity index (χ4n) is 2.30. The van der Waals surface area contributed by atoms with Crippen molar-refractivity contribution in [3.63, 3.8) is 0 Å². The maximum absolute atomic E-state index is 5.37. The zero-order valence-electron chi connectivity index (χ0n) is 15.5. The molecule has 6 heteroatoms. The first-order valence-electron chi connectivity index (χ1n) is 8.52. The Kier molecular flexibility index (Phi) is 10.6. The molecule has 1 aromatic rings. The van der Waals surface area contributed by atoms with Gasteiger partial charge in [-0.15, -0.1) is 0 Å². The number of hydrogen-bond donors (Lipinski definition) is 2. The number of nitrogens with one attached hydrogen (secondary N) is 2. The molecule has 0 aliphatic carbocycles. The number of para-hydroxylation sites is 1. The number of aliphatic imine (C=N–C) groups is 1. The van der Waals surface area contributed by atoms with E-state index in [-0.39, 0.29) is 0 Å². The van der Waals surface area contributed by atoms with Gasteiger partial charge >= 0.3 is 0 Å². The van der Waals surface area contributed by atoms with Crippen LogP contribution in [0, 0.1) is 0 Å². The highest BCUT2D eigenvalue weighted by molar-refractivity contribution is 5.79. The molecule has 0 unspecified atom stereocenters. The van der Waals surface area contributed by atoms with Crippen molar-refractivity contribution in [3.8, 4) is 5.75 Å².